The molecule has 1 spiro atoms. The molecular formula is C21H25NO6S. The fraction of sp³-hybridized carbons (Fsp3) is 0.429. The van der Waals surface area contributed by atoms with Crippen LogP contribution in [0.1, 0.15) is 43.6 Å². The molecule has 7 nitrogen and oxygen atoms in total. The van der Waals surface area contributed by atoms with Crippen LogP contribution in [0.5, 0.6) is 0 Å². The van der Waals surface area contributed by atoms with Gasteiger partial charge in [0.2, 0.25) is 22.1 Å². The zero-order valence-corrected chi connectivity index (χ0v) is 17.1. The van der Waals surface area contributed by atoms with Crippen molar-refractivity contribution in [2.45, 2.75) is 49.6 Å². The quantitative estimate of drug-likeness (QED) is 0.688. The van der Waals surface area contributed by atoms with Gasteiger partial charge in [0.25, 0.3) is 0 Å². The molecule has 0 amide bonds. The number of nitrogens with zero attached hydrogens (tertiary/aromatic N) is 1. The molecule has 0 radical (unpaired) electrons. The Morgan fingerprint density at radius 1 is 0.966 bits per heavy atom. The van der Waals surface area contributed by atoms with Crippen LogP contribution in [0.4, 0.5) is 0 Å². The van der Waals surface area contributed by atoms with Gasteiger partial charge in [0.05, 0.1) is 4.90 Å². The van der Waals surface area contributed by atoms with Crippen molar-refractivity contribution >= 4 is 10.0 Å². The average Bonchev–Trinajstić information content (AvgIpc) is 2.76. The van der Waals surface area contributed by atoms with Crippen LogP contribution in [-0.4, -0.2) is 31.6 Å². The zero-order chi connectivity index (χ0) is 20.3. The molecule has 2 saturated heterocycles. The Morgan fingerprint density at radius 3 is 2.17 bits per heavy atom. The highest BCUT2D eigenvalue weighted by Gasteiger charge is 2.46. The smallest absolute Gasteiger partial charge is 0.207 e. The lowest BCUT2D eigenvalue weighted by atomic mass is 10.1. The maximum Gasteiger partial charge on any atom is 0.249 e. The van der Waals surface area contributed by atoms with Crippen molar-refractivity contribution in [3.05, 3.63) is 65.7 Å². The molecule has 0 aliphatic carbocycles. The first-order valence-electron chi connectivity index (χ1n) is 9.85. The summed E-state index contributed by atoms with van der Waals surface area (Å²) in [5.41, 5.74) is 2.04. The lowest BCUT2D eigenvalue weighted by Crippen LogP contribution is -2.51. The summed E-state index contributed by atoms with van der Waals surface area (Å²) in [6.45, 7) is 2.64. The number of benzene rings is 2. The molecule has 0 aromatic heterocycles. The molecule has 156 valence electrons. The van der Waals surface area contributed by atoms with Crippen LogP contribution < -0.4 is 0 Å². The zero-order valence-electron chi connectivity index (χ0n) is 16.3. The van der Waals surface area contributed by atoms with Gasteiger partial charge in [-0.15, -0.1) is 0 Å². The first-order chi connectivity index (χ1) is 14.0. The van der Waals surface area contributed by atoms with E-state index in [9.17, 15) is 8.42 Å². The van der Waals surface area contributed by atoms with Crippen LogP contribution in [0, 0.1) is 0 Å². The van der Waals surface area contributed by atoms with E-state index in [2.05, 4.69) is 6.92 Å². The Labute approximate surface area is 171 Å². The van der Waals surface area contributed by atoms with E-state index < -0.39 is 22.1 Å². The third-order valence-electron chi connectivity index (χ3n) is 5.23. The van der Waals surface area contributed by atoms with E-state index in [-0.39, 0.29) is 18.0 Å². The summed E-state index contributed by atoms with van der Waals surface area (Å²) in [4.78, 5) is 22.3. The number of sulfonamides is 1. The molecule has 2 aromatic rings. The molecular weight excluding hydrogens is 394 g/mol. The maximum atomic E-state index is 12.8. The molecule has 2 aliphatic heterocycles. The summed E-state index contributed by atoms with van der Waals surface area (Å²) >= 11 is 0. The van der Waals surface area contributed by atoms with Crippen LogP contribution in [0.2, 0.25) is 0 Å². The summed E-state index contributed by atoms with van der Waals surface area (Å²) in [6.07, 6.45) is 1.94. The van der Waals surface area contributed by atoms with Gasteiger partial charge in [-0.1, -0.05) is 55.8 Å². The number of hydrogen-bond acceptors (Lipinski definition) is 6. The number of rotatable bonds is 5. The molecule has 2 fully saturated rings. The van der Waals surface area contributed by atoms with Crippen LogP contribution in [0.15, 0.2) is 59.5 Å². The molecule has 2 heterocycles. The van der Waals surface area contributed by atoms with Gasteiger partial charge in [0.15, 0.2) is 0 Å². The minimum Gasteiger partial charge on any atom is -0.207 e. The van der Waals surface area contributed by atoms with Gasteiger partial charge in [0.1, 0.15) is 0 Å². The molecule has 0 atom stereocenters. The van der Waals surface area contributed by atoms with Crippen LogP contribution in [-0.2, 0) is 36.0 Å². The molecule has 0 saturated carbocycles. The SMILES string of the molecule is CCCc1ccc(C2OOC3(CCN(S(=O)(=O)c4ccccc4)CC3)OO2)cc1. The normalized spacial score (nSPS) is 20.7. The summed E-state index contributed by atoms with van der Waals surface area (Å²) in [7, 11) is -3.54. The molecule has 0 N–H and O–H groups in total. The minimum atomic E-state index is -3.54. The summed E-state index contributed by atoms with van der Waals surface area (Å²) < 4.78 is 26.9. The van der Waals surface area contributed by atoms with E-state index in [1.54, 1.807) is 30.3 Å². The monoisotopic (exact) mass is 419 g/mol. The average molecular weight is 419 g/mol. The van der Waals surface area contributed by atoms with Crippen molar-refractivity contribution in [1.82, 2.24) is 4.31 Å². The van der Waals surface area contributed by atoms with Gasteiger partial charge in [-0.2, -0.15) is 23.9 Å². The fourth-order valence-electron chi connectivity index (χ4n) is 3.51. The molecule has 2 aromatic carbocycles. The van der Waals surface area contributed by atoms with E-state index in [1.807, 2.05) is 24.3 Å². The first kappa shape index (κ1) is 20.5. The third-order valence-corrected chi connectivity index (χ3v) is 7.14. The van der Waals surface area contributed by atoms with Crippen LogP contribution >= 0.6 is 0 Å². The van der Waals surface area contributed by atoms with E-state index in [4.69, 9.17) is 19.6 Å². The van der Waals surface area contributed by atoms with Crippen molar-refractivity contribution in [2.75, 3.05) is 13.1 Å². The molecule has 0 unspecified atom stereocenters. The minimum absolute atomic E-state index is 0.250. The molecule has 0 bridgehead atoms. The molecule has 2 aliphatic rings. The Hall–Kier alpha value is -1.81. The summed E-state index contributed by atoms with van der Waals surface area (Å²) in [6, 6.07) is 16.3. The second-order valence-corrected chi connectivity index (χ2v) is 9.25. The number of piperidine rings is 1. The van der Waals surface area contributed by atoms with Gasteiger partial charge < -0.3 is 0 Å². The third kappa shape index (κ3) is 4.37. The Morgan fingerprint density at radius 2 is 1.59 bits per heavy atom. The van der Waals surface area contributed by atoms with Gasteiger partial charge in [-0.3, -0.25) is 0 Å². The van der Waals surface area contributed by atoms with Gasteiger partial charge >= 0.3 is 0 Å². The highest BCUT2D eigenvalue weighted by Crippen LogP contribution is 2.38. The van der Waals surface area contributed by atoms with E-state index >= 15 is 0 Å². The second-order valence-electron chi connectivity index (χ2n) is 7.31. The Kier molecular flexibility index (Phi) is 6.00. The Balaban J connectivity index is 1.34. The van der Waals surface area contributed by atoms with Crippen molar-refractivity contribution < 1.29 is 28.0 Å². The van der Waals surface area contributed by atoms with Crippen molar-refractivity contribution in [2.24, 2.45) is 0 Å². The lowest BCUT2D eigenvalue weighted by Gasteiger charge is -2.41. The highest BCUT2D eigenvalue weighted by atomic mass is 32.2. The number of hydrogen-bond donors (Lipinski definition) is 0. The van der Waals surface area contributed by atoms with E-state index in [0.717, 1.165) is 18.4 Å². The fourth-order valence-corrected chi connectivity index (χ4v) is 4.97. The topological polar surface area (TPSA) is 74.3 Å². The summed E-state index contributed by atoms with van der Waals surface area (Å²) in [5.74, 6) is -1.10. The van der Waals surface area contributed by atoms with Crippen molar-refractivity contribution in [3.8, 4) is 0 Å². The molecule has 29 heavy (non-hydrogen) atoms. The summed E-state index contributed by atoms with van der Waals surface area (Å²) in [5, 5.41) is 0. The largest absolute Gasteiger partial charge is 0.249 e. The van der Waals surface area contributed by atoms with Gasteiger partial charge in [0, 0.05) is 31.5 Å². The molecule has 4 rings (SSSR count). The lowest BCUT2D eigenvalue weighted by molar-refractivity contribution is -0.633. The predicted octanol–water partition coefficient (Wildman–Crippen LogP) is 3.73. The van der Waals surface area contributed by atoms with Crippen LogP contribution in [0.25, 0.3) is 0 Å². The molecule has 8 heteroatoms. The van der Waals surface area contributed by atoms with Gasteiger partial charge in [-0.05, 0) is 24.1 Å². The maximum absolute atomic E-state index is 12.8. The second kappa shape index (κ2) is 8.51. The van der Waals surface area contributed by atoms with E-state index in [0.29, 0.717) is 12.8 Å². The Bertz CT molecular complexity index is 898. The van der Waals surface area contributed by atoms with Gasteiger partial charge in [-0.25, -0.2) is 8.42 Å². The van der Waals surface area contributed by atoms with Crippen LogP contribution in [0.3, 0.4) is 0 Å². The van der Waals surface area contributed by atoms with E-state index in [1.165, 1.54) is 9.87 Å². The highest BCUT2D eigenvalue weighted by molar-refractivity contribution is 7.89. The predicted molar refractivity (Wildman–Crippen MR) is 105 cm³/mol. The number of aryl methyl sites for hydroxylation is 1. The van der Waals surface area contributed by atoms with Crippen molar-refractivity contribution in [3.63, 3.8) is 0 Å². The first-order valence-corrected chi connectivity index (χ1v) is 11.3. The van der Waals surface area contributed by atoms with Crippen molar-refractivity contribution in [1.29, 1.82) is 0 Å². The standard InChI is InChI=1S/C21H25NO6S/c1-2-6-17-9-11-18(12-10-17)20-25-27-21(28-26-20)13-15-22(16-14-21)29(23,24)19-7-4-3-5-8-19/h3-5,7-12,20H,2,6,13-16H2,1H3.